The quantitative estimate of drug-likeness (QED) is 0.105. The summed E-state index contributed by atoms with van der Waals surface area (Å²) in [6.45, 7) is 4.54. The van der Waals surface area contributed by atoms with Crippen molar-refractivity contribution in [3.63, 3.8) is 0 Å². The highest BCUT2D eigenvalue weighted by molar-refractivity contribution is 5.86. The van der Waals surface area contributed by atoms with Crippen LogP contribution in [-0.2, 0) is 4.79 Å². The van der Waals surface area contributed by atoms with Crippen molar-refractivity contribution in [2.45, 2.75) is 174 Å². The van der Waals surface area contributed by atoms with Gasteiger partial charge in [-0.15, -0.1) is 0 Å². The molecule has 0 radical (unpaired) electrons. The molecule has 0 rings (SSSR count). The summed E-state index contributed by atoms with van der Waals surface area (Å²) in [5, 5.41) is 9.46. The number of carbonyl (C=O) groups is 1. The number of allylic oxidation sites excluding steroid dienone is 1. The van der Waals surface area contributed by atoms with E-state index in [0.717, 1.165) is 25.7 Å². The zero-order valence-electron chi connectivity index (χ0n) is 22.1. The third-order valence-corrected chi connectivity index (χ3v) is 6.77. The van der Waals surface area contributed by atoms with Crippen LogP contribution >= 0.6 is 0 Å². The Labute approximate surface area is 202 Å². The second-order valence-electron chi connectivity index (χ2n) is 10.00. The Balaban J connectivity index is 3.52. The Kier molecular flexibility index (Phi) is 25.8. The number of carboxylic acid groups (broad SMARTS) is 1. The van der Waals surface area contributed by atoms with Gasteiger partial charge in [-0.25, -0.2) is 4.79 Å². The molecule has 0 bridgehead atoms. The number of rotatable bonds is 26. The summed E-state index contributed by atoms with van der Waals surface area (Å²) >= 11 is 0. The van der Waals surface area contributed by atoms with Gasteiger partial charge in [0.05, 0.1) is 0 Å². The molecule has 0 fully saturated rings. The predicted molar refractivity (Wildman–Crippen MR) is 142 cm³/mol. The Morgan fingerprint density at radius 3 is 1.16 bits per heavy atom. The minimum absolute atomic E-state index is 0.656. The zero-order chi connectivity index (χ0) is 23.5. The summed E-state index contributed by atoms with van der Waals surface area (Å²) in [4.78, 5) is 11.5. The summed E-state index contributed by atoms with van der Waals surface area (Å²) in [6.07, 6.45) is 34.4. The molecule has 0 unspecified atom stereocenters. The molecule has 0 aromatic heterocycles. The van der Waals surface area contributed by atoms with Gasteiger partial charge in [0.1, 0.15) is 0 Å². The highest BCUT2D eigenvalue weighted by Gasteiger charge is 2.06. The highest BCUT2D eigenvalue weighted by atomic mass is 16.4. The monoisotopic (exact) mass is 450 g/mol. The van der Waals surface area contributed by atoms with Crippen molar-refractivity contribution in [2.75, 3.05) is 0 Å². The second-order valence-corrected chi connectivity index (χ2v) is 10.00. The van der Waals surface area contributed by atoms with E-state index in [2.05, 4.69) is 13.8 Å². The van der Waals surface area contributed by atoms with E-state index >= 15 is 0 Å². The van der Waals surface area contributed by atoms with Crippen LogP contribution in [-0.4, -0.2) is 11.1 Å². The lowest BCUT2D eigenvalue weighted by Crippen LogP contribution is -2.00. The molecule has 0 aliphatic rings. The minimum Gasteiger partial charge on any atom is -0.478 e. The Bertz CT molecular complexity index is 413. The van der Waals surface area contributed by atoms with E-state index in [-0.39, 0.29) is 0 Å². The number of carboxylic acids is 1. The van der Waals surface area contributed by atoms with Crippen LogP contribution in [0.1, 0.15) is 174 Å². The first-order valence-electron chi connectivity index (χ1n) is 14.6. The summed E-state index contributed by atoms with van der Waals surface area (Å²) in [7, 11) is 0. The molecule has 0 aliphatic heterocycles. The van der Waals surface area contributed by atoms with Crippen LogP contribution in [0.2, 0.25) is 0 Å². The number of aliphatic carboxylic acids is 1. The molecule has 0 saturated heterocycles. The van der Waals surface area contributed by atoms with Crippen LogP contribution in [0.5, 0.6) is 0 Å². The maximum atomic E-state index is 11.5. The van der Waals surface area contributed by atoms with Crippen molar-refractivity contribution in [2.24, 2.45) is 0 Å². The van der Waals surface area contributed by atoms with Gasteiger partial charge in [0.25, 0.3) is 0 Å². The average Bonchev–Trinajstić information content (AvgIpc) is 2.78. The molecule has 0 aromatic carbocycles. The lowest BCUT2D eigenvalue weighted by molar-refractivity contribution is -0.132. The van der Waals surface area contributed by atoms with Gasteiger partial charge in [-0.3, -0.25) is 0 Å². The van der Waals surface area contributed by atoms with Crippen LogP contribution in [0.3, 0.4) is 0 Å². The molecule has 0 spiro atoms. The van der Waals surface area contributed by atoms with Gasteiger partial charge in [0, 0.05) is 5.57 Å². The van der Waals surface area contributed by atoms with E-state index in [9.17, 15) is 9.90 Å². The first-order chi connectivity index (χ1) is 15.7. The minimum atomic E-state index is -0.698. The van der Waals surface area contributed by atoms with Crippen molar-refractivity contribution in [1.82, 2.24) is 0 Å². The van der Waals surface area contributed by atoms with Crippen molar-refractivity contribution < 1.29 is 9.90 Å². The Hall–Kier alpha value is -0.790. The number of unbranched alkanes of at least 4 members (excludes halogenated alkanes) is 22. The number of hydrogen-bond donors (Lipinski definition) is 1. The van der Waals surface area contributed by atoms with E-state index in [1.54, 1.807) is 0 Å². The average molecular weight is 451 g/mol. The van der Waals surface area contributed by atoms with E-state index in [1.807, 2.05) is 6.08 Å². The van der Waals surface area contributed by atoms with Gasteiger partial charge < -0.3 is 5.11 Å². The molecule has 0 saturated carbocycles. The van der Waals surface area contributed by atoms with Crippen LogP contribution in [0.15, 0.2) is 11.6 Å². The smallest absolute Gasteiger partial charge is 0.331 e. The standard InChI is InChI=1S/C30H58O2/c1-3-5-7-9-11-13-15-16-18-20-22-24-26-28-29(30(31)32)27-25-23-21-19-17-14-12-10-8-6-4-2/h27H,3-26,28H2,1-2H3,(H,31,32). The van der Waals surface area contributed by atoms with Crippen molar-refractivity contribution in [1.29, 1.82) is 0 Å². The molecule has 1 N–H and O–H groups in total. The van der Waals surface area contributed by atoms with Gasteiger partial charge in [-0.2, -0.15) is 0 Å². The lowest BCUT2D eigenvalue weighted by Gasteiger charge is -2.05. The number of hydrogen-bond acceptors (Lipinski definition) is 1. The molecule has 2 heteroatoms. The zero-order valence-corrected chi connectivity index (χ0v) is 22.1. The first-order valence-corrected chi connectivity index (χ1v) is 14.6. The SMILES string of the molecule is CCCCCCCCCCCCC=C(CCCCCCCCCCCCCCC)C(=O)O. The Morgan fingerprint density at radius 1 is 0.500 bits per heavy atom. The van der Waals surface area contributed by atoms with Crippen LogP contribution < -0.4 is 0 Å². The largest absolute Gasteiger partial charge is 0.478 e. The van der Waals surface area contributed by atoms with Crippen LogP contribution in [0.25, 0.3) is 0 Å². The van der Waals surface area contributed by atoms with Gasteiger partial charge in [-0.1, -0.05) is 155 Å². The second kappa shape index (κ2) is 26.5. The normalized spacial score (nSPS) is 11.9. The van der Waals surface area contributed by atoms with Crippen molar-refractivity contribution in [3.8, 4) is 0 Å². The molecule has 0 atom stereocenters. The third-order valence-electron chi connectivity index (χ3n) is 6.77. The van der Waals surface area contributed by atoms with Crippen LogP contribution in [0, 0.1) is 0 Å². The summed E-state index contributed by atoms with van der Waals surface area (Å²) < 4.78 is 0. The van der Waals surface area contributed by atoms with Gasteiger partial charge in [0.15, 0.2) is 0 Å². The highest BCUT2D eigenvalue weighted by Crippen LogP contribution is 2.16. The van der Waals surface area contributed by atoms with Gasteiger partial charge >= 0.3 is 5.97 Å². The summed E-state index contributed by atoms with van der Waals surface area (Å²) in [5.41, 5.74) is 0.656. The van der Waals surface area contributed by atoms with E-state index in [4.69, 9.17) is 0 Å². The van der Waals surface area contributed by atoms with Crippen LogP contribution in [0.4, 0.5) is 0 Å². The topological polar surface area (TPSA) is 37.3 Å². The van der Waals surface area contributed by atoms with E-state index in [1.165, 1.54) is 135 Å². The Morgan fingerprint density at radius 2 is 0.812 bits per heavy atom. The van der Waals surface area contributed by atoms with Gasteiger partial charge in [-0.05, 0) is 25.7 Å². The van der Waals surface area contributed by atoms with Crippen molar-refractivity contribution >= 4 is 5.97 Å². The third kappa shape index (κ3) is 23.9. The fourth-order valence-corrected chi connectivity index (χ4v) is 4.54. The molecule has 0 heterocycles. The van der Waals surface area contributed by atoms with Gasteiger partial charge in [0.2, 0.25) is 0 Å². The first kappa shape index (κ1) is 31.2. The maximum Gasteiger partial charge on any atom is 0.331 e. The molecule has 0 aromatic rings. The van der Waals surface area contributed by atoms with Crippen molar-refractivity contribution in [3.05, 3.63) is 11.6 Å². The molecule has 0 amide bonds. The molecule has 2 nitrogen and oxygen atoms in total. The fourth-order valence-electron chi connectivity index (χ4n) is 4.54. The van der Waals surface area contributed by atoms with E-state index in [0.29, 0.717) is 5.57 Å². The maximum absolute atomic E-state index is 11.5. The molecule has 32 heavy (non-hydrogen) atoms. The summed E-state index contributed by atoms with van der Waals surface area (Å²) in [6, 6.07) is 0. The molecular formula is C30H58O2. The molecule has 190 valence electrons. The summed E-state index contributed by atoms with van der Waals surface area (Å²) in [5.74, 6) is -0.698. The molecule has 0 aliphatic carbocycles. The lowest BCUT2D eigenvalue weighted by atomic mass is 10.0. The van der Waals surface area contributed by atoms with E-state index < -0.39 is 5.97 Å². The predicted octanol–water partition coefficient (Wildman–Crippen LogP) is 10.8. The fraction of sp³-hybridized carbons (Fsp3) is 0.900. The molecular weight excluding hydrogens is 392 g/mol.